The summed E-state index contributed by atoms with van der Waals surface area (Å²) in [6.45, 7) is 31.0. The molecule has 24 heteroatoms. The van der Waals surface area contributed by atoms with Gasteiger partial charge in [-0.25, -0.2) is 29.3 Å². The third kappa shape index (κ3) is 13.5. The minimum Gasteiger partial charge on any atom is -0.480 e. The van der Waals surface area contributed by atoms with Crippen molar-refractivity contribution in [2.24, 2.45) is 0 Å². The van der Waals surface area contributed by atoms with Gasteiger partial charge < -0.3 is 54.0 Å². The zero-order chi connectivity index (χ0) is 55.2. The molecule has 3 saturated heterocycles. The molecule has 3 aliphatic rings. The molecular formula is C51H78N10O12Si2. The first-order valence-corrected chi connectivity index (χ1v) is 31.4. The average Bonchev–Trinajstić information content (AvgIpc) is 4.05. The molecule has 0 spiro atoms. The molecule has 412 valence electrons. The third-order valence-electron chi connectivity index (χ3n) is 14.8. The summed E-state index contributed by atoms with van der Waals surface area (Å²) < 4.78 is 48.9. The summed E-state index contributed by atoms with van der Waals surface area (Å²) >= 11 is 0. The number of carbonyl (C=O) groups excluding carboxylic acids is 2. The minimum absolute atomic E-state index is 0.0304. The van der Waals surface area contributed by atoms with Crippen LogP contribution in [0.4, 0.5) is 16.4 Å². The van der Waals surface area contributed by atoms with E-state index in [1.807, 2.05) is 11.0 Å². The average molecular weight is 1080 g/mol. The molecule has 22 nitrogen and oxygen atoms in total. The normalized spacial score (nSPS) is 23.6. The van der Waals surface area contributed by atoms with Crippen LogP contribution in [0.25, 0.3) is 11.2 Å². The number of carboxylic acids is 1. The van der Waals surface area contributed by atoms with Gasteiger partial charge in [-0.15, -0.1) is 0 Å². The number of nitrogens with zero attached hydrogens (tertiary/aromatic N) is 7. The van der Waals surface area contributed by atoms with Gasteiger partial charge in [-0.3, -0.25) is 18.8 Å². The molecule has 5 N–H and O–H groups in total. The molecule has 3 aromatic heterocycles. The number of alkyl carbamates (subject to hydrolysis) is 1. The van der Waals surface area contributed by atoms with Crippen molar-refractivity contribution in [1.29, 1.82) is 0 Å². The SMILES string of the molecule is CC(C)(C)OC(=O)NC(CCN(Cc1cn([C@H]2C[C@H](O[Si](C)(C)C(C)(C)C)[C@@H](CO[Si](C)(C)C(C)(C)C)O2)c(=O)nc1N)C[C@H]1O[C@@H](n2cnc3c(NC(=O)c4ccccc4)ncnc32)[C@@H]2OC(C)(C)O[C@@H]21)C(=O)O. The Bertz CT molecular complexity index is 2750. The fourth-order valence-electron chi connectivity index (χ4n) is 8.74. The highest BCUT2D eigenvalue weighted by atomic mass is 28.4. The Kier molecular flexibility index (Phi) is 16.6. The van der Waals surface area contributed by atoms with Crippen LogP contribution in [0, 0.1) is 0 Å². The highest BCUT2D eigenvalue weighted by Gasteiger charge is 2.56. The number of hydrogen-bond acceptors (Lipinski definition) is 17. The molecule has 0 saturated carbocycles. The highest BCUT2D eigenvalue weighted by Crippen LogP contribution is 2.45. The Morgan fingerprint density at radius 2 is 1.59 bits per heavy atom. The van der Waals surface area contributed by atoms with Crippen molar-refractivity contribution >= 4 is 57.4 Å². The summed E-state index contributed by atoms with van der Waals surface area (Å²) in [5.41, 5.74) is 6.69. The summed E-state index contributed by atoms with van der Waals surface area (Å²) in [5.74, 6) is -2.52. The van der Waals surface area contributed by atoms with E-state index in [-0.39, 0.29) is 66.4 Å². The maximum atomic E-state index is 13.9. The van der Waals surface area contributed by atoms with Gasteiger partial charge in [0.2, 0.25) is 0 Å². The van der Waals surface area contributed by atoms with E-state index in [1.54, 1.807) is 76.0 Å². The Balaban J connectivity index is 1.20. The quantitative estimate of drug-likeness (QED) is 0.0717. The molecular weight excluding hydrogens is 1000 g/mol. The lowest BCUT2D eigenvalue weighted by atomic mass is 10.1. The van der Waals surface area contributed by atoms with E-state index < -0.39 is 88.7 Å². The molecule has 0 aliphatic carbocycles. The maximum absolute atomic E-state index is 13.9. The van der Waals surface area contributed by atoms with E-state index in [4.69, 9.17) is 38.3 Å². The number of carboxylic acid groups (broad SMARTS) is 1. The number of imidazole rings is 1. The van der Waals surface area contributed by atoms with Gasteiger partial charge in [-0.1, -0.05) is 59.7 Å². The summed E-state index contributed by atoms with van der Waals surface area (Å²) in [6, 6.07) is 7.37. The van der Waals surface area contributed by atoms with Crippen LogP contribution in [-0.2, 0) is 43.9 Å². The van der Waals surface area contributed by atoms with Gasteiger partial charge in [0, 0.05) is 43.4 Å². The number of anilines is 2. The zero-order valence-electron chi connectivity index (χ0n) is 46.1. The zero-order valence-corrected chi connectivity index (χ0v) is 48.1. The van der Waals surface area contributed by atoms with E-state index in [0.29, 0.717) is 28.7 Å². The van der Waals surface area contributed by atoms with Crippen molar-refractivity contribution in [3.8, 4) is 0 Å². The van der Waals surface area contributed by atoms with Crippen molar-refractivity contribution in [1.82, 2.24) is 39.3 Å². The lowest BCUT2D eigenvalue weighted by molar-refractivity contribution is -0.198. The van der Waals surface area contributed by atoms with Crippen LogP contribution >= 0.6 is 0 Å². The molecule has 7 rings (SSSR count). The van der Waals surface area contributed by atoms with E-state index in [1.165, 1.54) is 10.9 Å². The van der Waals surface area contributed by atoms with Gasteiger partial charge in [-0.2, -0.15) is 4.98 Å². The van der Waals surface area contributed by atoms with Gasteiger partial charge >= 0.3 is 17.8 Å². The summed E-state index contributed by atoms with van der Waals surface area (Å²) in [4.78, 5) is 72.4. The van der Waals surface area contributed by atoms with Crippen LogP contribution in [0.15, 0.2) is 54.0 Å². The number of nitrogens with one attached hydrogen (secondary N) is 2. The molecule has 1 unspecified atom stereocenters. The molecule has 1 aromatic carbocycles. The van der Waals surface area contributed by atoms with Crippen LogP contribution < -0.4 is 22.1 Å². The second kappa shape index (κ2) is 21.7. The predicted molar refractivity (Wildman–Crippen MR) is 285 cm³/mol. The minimum atomic E-state index is -2.34. The van der Waals surface area contributed by atoms with Crippen LogP contribution in [0.1, 0.15) is 117 Å². The Hall–Kier alpha value is -5.19. The summed E-state index contributed by atoms with van der Waals surface area (Å²) in [5, 5.41) is 15.6. The standard InChI is InChI=1S/C51H78N10O12Si2/c1-48(2,3)72-47(66)56-32(45(63)64)21-22-59(24-31-25-60(46(65)57-40(31)52)36-23-33(73-75(14,15)50(7,8)9)35(68-36)27-67-74(12,13)49(4,5)6)26-34-38-39(71-51(10,11)70-38)44(69-34)61-29-55-37-41(53-28-54-42(37)61)58-43(62)30-19-17-16-18-20-30/h16-20,25,28-29,32-36,38-39,44H,21-24,26-27H2,1-15H3,(H,56,66)(H,63,64)(H2,52,57,65)(H,53,54,58,62)/t32?,33-,34+,35+,36+,38+,39+,44+/m0/s1. The fraction of sp³-hybridized carbons (Fsp3) is 0.647. The number of rotatable bonds is 18. The molecule has 6 heterocycles. The molecule has 8 atom stereocenters. The largest absolute Gasteiger partial charge is 0.480 e. The van der Waals surface area contributed by atoms with Gasteiger partial charge in [0.1, 0.15) is 54.4 Å². The molecule has 3 aliphatic heterocycles. The van der Waals surface area contributed by atoms with Crippen LogP contribution in [0.3, 0.4) is 0 Å². The first-order chi connectivity index (χ1) is 34.7. The second-order valence-electron chi connectivity index (χ2n) is 24.3. The first-order valence-electron chi connectivity index (χ1n) is 25.6. The predicted octanol–water partition coefficient (Wildman–Crippen LogP) is 7.20. The molecule has 0 bridgehead atoms. The van der Waals surface area contributed by atoms with Crippen molar-refractivity contribution in [2.75, 3.05) is 30.7 Å². The van der Waals surface area contributed by atoms with Crippen molar-refractivity contribution in [2.45, 2.75) is 192 Å². The monoisotopic (exact) mass is 1080 g/mol. The lowest BCUT2D eigenvalue weighted by Crippen LogP contribution is -2.48. The van der Waals surface area contributed by atoms with E-state index >= 15 is 0 Å². The lowest BCUT2D eigenvalue weighted by Gasteiger charge is -2.40. The molecule has 0 radical (unpaired) electrons. The Morgan fingerprint density at radius 1 is 0.920 bits per heavy atom. The highest BCUT2D eigenvalue weighted by molar-refractivity contribution is 6.74. The van der Waals surface area contributed by atoms with E-state index in [9.17, 15) is 24.3 Å². The first kappa shape index (κ1) is 57.5. The van der Waals surface area contributed by atoms with Crippen molar-refractivity contribution in [3.63, 3.8) is 0 Å². The van der Waals surface area contributed by atoms with Crippen LogP contribution in [0.5, 0.6) is 0 Å². The van der Waals surface area contributed by atoms with Gasteiger partial charge in [-0.05, 0) is 89.4 Å². The van der Waals surface area contributed by atoms with Crippen LogP contribution in [-0.4, -0.2) is 141 Å². The third-order valence-corrected chi connectivity index (χ3v) is 23.8. The van der Waals surface area contributed by atoms with E-state index in [0.717, 1.165) is 0 Å². The Labute approximate surface area is 441 Å². The number of aliphatic carboxylic acids is 1. The van der Waals surface area contributed by atoms with Crippen LogP contribution in [0.2, 0.25) is 36.3 Å². The molecule has 2 amide bonds. The molecule has 3 fully saturated rings. The number of ether oxygens (including phenoxy) is 5. The summed E-state index contributed by atoms with van der Waals surface area (Å²) in [7, 11) is -4.55. The van der Waals surface area contributed by atoms with E-state index in [2.05, 4.69) is 98.3 Å². The molecule has 75 heavy (non-hydrogen) atoms. The van der Waals surface area contributed by atoms with Crippen molar-refractivity contribution in [3.05, 3.63) is 70.8 Å². The molecule has 4 aromatic rings. The van der Waals surface area contributed by atoms with Crippen molar-refractivity contribution < 1.29 is 52.0 Å². The maximum Gasteiger partial charge on any atom is 0.408 e. The fourth-order valence-corrected chi connectivity index (χ4v) is 11.1. The van der Waals surface area contributed by atoms with Gasteiger partial charge in [0.25, 0.3) is 5.91 Å². The Morgan fingerprint density at radius 3 is 2.23 bits per heavy atom. The topological polar surface area (TPSA) is 268 Å². The smallest absolute Gasteiger partial charge is 0.408 e. The number of nitrogen functional groups attached to an aromatic ring is 1. The van der Waals surface area contributed by atoms with Gasteiger partial charge in [0.05, 0.1) is 19.0 Å². The number of hydrogen-bond donors (Lipinski definition) is 4. The number of carbonyl (C=O) groups is 3. The number of nitrogens with two attached hydrogens (primary N) is 1. The number of amides is 2. The van der Waals surface area contributed by atoms with Gasteiger partial charge in [0.15, 0.2) is 45.6 Å². The number of aromatic nitrogens is 6. The summed E-state index contributed by atoms with van der Waals surface area (Å²) in [6.07, 6.45) is -0.671. The number of benzene rings is 1. The second-order valence-corrected chi connectivity index (χ2v) is 33.8. The number of fused-ring (bicyclic) bond motifs is 2.